The molecule has 1 aliphatic rings. The molecule has 5 nitrogen and oxygen atoms in total. The number of carbonyl (C=O) groups excluding carboxylic acids is 2. The average Bonchev–Trinajstić information content (AvgIpc) is 2.77. The molecule has 0 radical (unpaired) electrons. The van der Waals surface area contributed by atoms with Crippen LogP contribution in [0.5, 0.6) is 5.75 Å². The first-order valence-electron chi connectivity index (χ1n) is 9.40. The Morgan fingerprint density at radius 1 is 1.04 bits per heavy atom. The highest BCUT2D eigenvalue weighted by molar-refractivity contribution is 7.98. The average molecular weight is 400 g/mol. The van der Waals surface area contributed by atoms with E-state index in [1.807, 2.05) is 42.7 Å². The minimum Gasteiger partial charge on any atom is -0.496 e. The Bertz CT molecular complexity index is 819. The van der Waals surface area contributed by atoms with E-state index in [-0.39, 0.29) is 5.91 Å². The van der Waals surface area contributed by atoms with Crippen LogP contribution in [0.4, 0.5) is 0 Å². The van der Waals surface area contributed by atoms with Crippen molar-refractivity contribution in [2.45, 2.75) is 30.3 Å². The molecule has 0 aliphatic carbocycles. The SMILES string of the molecule is COc1cc(SC)ccc1C(=O)O[C@@H](C(=O)N1CCCCC1)c1ccccc1. The summed E-state index contributed by atoms with van der Waals surface area (Å²) < 4.78 is 11.1. The fraction of sp³-hybridized carbons (Fsp3) is 0.364. The number of hydrogen-bond donors (Lipinski definition) is 0. The van der Waals surface area contributed by atoms with Gasteiger partial charge in [0.25, 0.3) is 5.91 Å². The monoisotopic (exact) mass is 399 g/mol. The van der Waals surface area contributed by atoms with Crippen LogP contribution in [0.1, 0.15) is 41.3 Å². The molecular formula is C22H25NO4S. The topological polar surface area (TPSA) is 55.8 Å². The zero-order valence-electron chi connectivity index (χ0n) is 16.2. The van der Waals surface area contributed by atoms with Gasteiger partial charge in [-0.1, -0.05) is 30.3 Å². The summed E-state index contributed by atoms with van der Waals surface area (Å²) >= 11 is 1.56. The van der Waals surface area contributed by atoms with E-state index in [0.29, 0.717) is 30.0 Å². The predicted octanol–water partition coefficient (Wildman–Crippen LogP) is 4.33. The summed E-state index contributed by atoms with van der Waals surface area (Å²) in [6.45, 7) is 1.40. The van der Waals surface area contributed by atoms with E-state index in [9.17, 15) is 9.59 Å². The number of esters is 1. The molecular weight excluding hydrogens is 374 g/mol. The molecule has 0 N–H and O–H groups in total. The zero-order valence-corrected chi connectivity index (χ0v) is 17.0. The summed E-state index contributed by atoms with van der Waals surface area (Å²) in [7, 11) is 1.52. The highest BCUT2D eigenvalue weighted by Gasteiger charge is 2.31. The van der Waals surface area contributed by atoms with Gasteiger partial charge in [-0.3, -0.25) is 4.79 Å². The van der Waals surface area contributed by atoms with Gasteiger partial charge in [0, 0.05) is 23.5 Å². The van der Waals surface area contributed by atoms with Gasteiger partial charge < -0.3 is 14.4 Å². The quantitative estimate of drug-likeness (QED) is 0.535. The third-order valence-electron chi connectivity index (χ3n) is 4.85. The lowest BCUT2D eigenvalue weighted by Gasteiger charge is -2.30. The van der Waals surface area contributed by atoms with Gasteiger partial charge in [0.2, 0.25) is 6.10 Å². The molecule has 28 heavy (non-hydrogen) atoms. The molecule has 1 saturated heterocycles. The number of methoxy groups -OCH3 is 1. The maximum Gasteiger partial charge on any atom is 0.343 e. The second kappa shape index (κ2) is 9.64. The molecule has 0 aromatic heterocycles. The molecule has 1 heterocycles. The lowest BCUT2D eigenvalue weighted by atomic mass is 10.1. The van der Waals surface area contributed by atoms with Gasteiger partial charge in [0.05, 0.1) is 7.11 Å². The molecule has 148 valence electrons. The van der Waals surface area contributed by atoms with Gasteiger partial charge in [-0.05, 0) is 43.7 Å². The van der Waals surface area contributed by atoms with Crippen LogP contribution in [0.15, 0.2) is 53.4 Å². The Labute approximate surface area is 170 Å². The molecule has 0 spiro atoms. The highest BCUT2D eigenvalue weighted by atomic mass is 32.2. The van der Waals surface area contributed by atoms with Crippen LogP contribution in [0.2, 0.25) is 0 Å². The molecule has 1 fully saturated rings. The van der Waals surface area contributed by atoms with Gasteiger partial charge in [0.15, 0.2) is 0 Å². The summed E-state index contributed by atoms with van der Waals surface area (Å²) in [4.78, 5) is 28.8. The van der Waals surface area contributed by atoms with E-state index in [4.69, 9.17) is 9.47 Å². The van der Waals surface area contributed by atoms with Gasteiger partial charge in [-0.2, -0.15) is 0 Å². The van der Waals surface area contributed by atoms with Crippen LogP contribution >= 0.6 is 11.8 Å². The number of hydrogen-bond acceptors (Lipinski definition) is 5. The Balaban J connectivity index is 1.87. The first-order valence-corrected chi connectivity index (χ1v) is 10.6. The Morgan fingerprint density at radius 2 is 1.75 bits per heavy atom. The molecule has 2 aromatic carbocycles. The van der Waals surface area contributed by atoms with Crippen LogP contribution in [0, 0.1) is 0 Å². The van der Waals surface area contributed by atoms with Crippen molar-refractivity contribution in [3.8, 4) is 5.75 Å². The molecule has 6 heteroatoms. The molecule has 0 saturated carbocycles. The number of nitrogens with zero attached hydrogens (tertiary/aromatic N) is 1. The predicted molar refractivity (Wildman–Crippen MR) is 110 cm³/mol. The van der Waals surface area contributed by atoms with Gasteiger partial charge in [0.1, 0.15) is 11.3 Å². The van der Waals surface area contributed by atoms with Crippen LogP contribution in [0.3, 0.4) is 0 Å². The first-order chi connectivity index (χ1) is 13.6. The van der Waals surface area contributed by atoms with Crippen molar-refractivity contribution in [2.75, 3.05) is 26.5 Å². The smallest absolute Gasteiger partial charge is 0.343 e. The van der Waals surface area contributed by atoms with Crippen molar-refractivity contribution in [1.29, 1.82) is 0 Å². The number of ether oxygens (including phenoxy) is 2. The summed E-state index contributed by atoms with van der Waals surface area (Å²) in [6, 6.07) is 14.5. The summed E-state index contributed by atoms with van der Waals surface area (Å²) in [5.74, 6) is -0.295. The largest absolute Gasteiger partial charge is 0.496 e. The minimum atomic E-state index is -0.961. The Morgan fingerprint density at radius 3 is 2.39 bits per heavy atom. The second-order valence-corrected chi connectivity index (χ2v) is 7.53. The summed E-state index contributed by atoms with van der Waals surface area (Å²) in [6.07, 6.45) is 4.07. The van der Waals surface area contributed by atoms with Crippen molar-refractivity contribution in [3.63, 3.8) is 0 Å². The fourth-order valence-corrected chi connectivity index (χ4v) is 3.74. The van der Waals surface area contributed by atoms with Crippen LogP contribution < -0.4 is 4.74 Å². The van der Waals surface area contributed by atoms with Crippen molar-refractivity contribution < 1.29 is 19.1 Å². The molecule has 0 unspecified atom stereocenters. The van der Waals surface area contributed by atoms with Gasteiger partial charge in [-0.15, -0.1) is 11.8 Å². The van der Waals surface area contributed by atoms with Gasteiger partial charge in [-0.25, -0.2) is 4.79 Å². The molecule has 1 atom stereocenters. The lowest BCUT2D eigenvalue weighted by molar-refractivity contribution is -0.142. The lowest BCUT2D eigenvalue weighted by Crippen LogP contribution is -2.40. The number of likely N-dealkylation sites (tertiary alicyclic amines) is 1. The number of rotatable bonds is 6. The maximum absolute atomic E-state index is 13.1. The van der Waals surface area contributed by atoms with E-state index in [0.717, 1.165) is 24.2 Å². The fourth-order valence-electron chi connectivity index (χ4n) is 3.31. The van der Waals surface area contributed by atoms with Crippen molar-refractivity contribution >= 4 is 23.6 Å². The van der Waals surface area contributed by atoms with E-state index in [1.165, 1.54) is 7.11 Å². The Kier molecular flexibility index (Phi) is 6.98. The van der Waals surface area contributed by atoms with Gasteiger partial charge >= 0.3 is 5.97 Å². The van der Waals surface area contributed by atoms with E-state index < -0.39 is 12.1 Å². The normalized spacial score (nSPS) is 15.0. The first kappa shape index (κ1) is 20.3. The number of amides is 1. The molecule has 0 bridgehead atoms. The highest BCUT2D eigenvalue weighted by Crippen LogP contribution is 2.29. The number of thioether (sulfide) groups is 1. The standard InChI is InChI=1S/C22H25NO4S/c1-26-19-15-17(28-2)11-12-18(19)22(25)27-20(16-9-5-3-6-10-16)21(24)23-13-7-4-8-14-23/h3,5-6,9-12,15,20H,4,7-8,13-14H2,1-2H3/t20-/m1/s1. The third kappa shape index (κ3) is 4.68. The Hall–Kier alpha value is -2.47. The van der Waals surface area contributed by atoms with Crippen LogP contribution in [0.25, 0.3) is 0 Å². The molecule has 2 aromatic rings. The number of benzene rings is 2. The number of carbonyl (C=O) groups is 2. The van der Waals surface area contributed by atoms with E-state index >= 15 is 0 Å². The van der Waals surface area contributed by atoms with E-state index in [1.54, 1.807) is 28.8 Å². The van der Waals surface area contributed by atoms with Crippen molar-refractivity contribution in [2.24, 2.45) is 0 Å². The molecule has 1 amide bonds. The van der Waals surface area contributed by atoms with Crippen molar-refractivity contribution in [1.82, 2.24) is 4.90 Å². The number of piperidine rings is 1. The van der Waals surface area contributed by atoms with Crippen molar-refractivity contribution in [3.05, 3.63) is 59.7 Å². The molecule has 1 aliphatic heterocycles. The minimum absolute atomic E-state index is 0.168. The molecule has 3 rings (SSSR count). The summed E-state index contributed by atoms with van der Waals surface area (Å²) in [5.41, 5.74) is 0.985. The van der Waals surface area contributed by atoms with Crippen LogP contribution in [-0.2, 0) is 9.53 Å². The second-order valence-electron chi connectivity index (χ2n) is 6.65. The summed E-state index contributed by atoms with van der Waals surface area (Å²) in [5, 5.41) is 0. The maximum atomic E-state index is 13.1. The third-order valence-corrected chi connectivity index (χ3v) is 5.57. The van der Waals surface area contributed by atoms with E-state index in [2.05, 4.69) is 0 Å². The van der Waals surface area contributed by atoms with Crippen LogP contribution in [-0.4, -0.2) is 43.2 Å². The zero-order chi connectivity index (χ0) is 19.9.